The Kier molecular flexibility index (Phi) is 4.37. The van der Waals surface area contributed by atoms with Crippen molar-refractivity contribution in [3.8, 4) is 0 Å². The van der Waals surface area contributed by atoms with Crippen LogP contribution in [-0.2, 0) is 9.59 Å². The van der Waals surface area contributed by atoms with Crippen LogP contribution >= 0.6 is 11.8 Å². The van der Waals surface area contributed by atoms with Gasteiger partial charge in [-0.3, -0.25) is 19.3 Å². The van der Waals surface area contributed by atoms with Gasteiger partial charge in [-0.25, -0.2) is 0 Å². The third-order valence-electron chi connectivity index (χ3n) is 2.52. The van der Waals surface area contributed by atoms with Gasteiger partial charge < -0.3 is 5.73 Å². The van der Waals surface area contributed by atoms with Crippen molar-refractivity contribution < 1.29 is 14.4 Å². The van der Waals surface area contributed by atoms with Crippen LogP contribution in [0.1, 0.15) is 5.56 Å². The summed E-state index contributed by atoms with van der Waals surface area (Å²) in [5, 5.41) is -0.479. The van der Waals surface area contributed by atoms with Gasteiger partial charge in [0.05, 0.1) is 4.91 Å². The van der Waals surface area contributed by atoms with Crippen LogP contribution in [0.2, 0.25) is 0 Å². The maximum atomic E-state index is 11.9. The van der Waals surface area contributed by atoms with Crippen molar-refractivity contribution >= 4 is 34.9 Å². The zero-order chi connectivity index (χ0) is 14.5. The van der Waals surface area contributed by atoms with Gasteiger partial charge >= 0.3 is 0 Å². The predicted octanol–water partition coefficient (Wildman–Crippen LogP) is 1.76. The molecule has 5 nitrogen and oxygen atoms in total. The molecule has 2 rings (SSSR count). The maximum Gasteiger partial charge on any atom is 0.294 e. The number of nitrogens with two attached hydrogens (primary N) is 1. The summed E-state index contributed by atoms with van der Waals surface area (Å²) in [5.41, 5.74) is 5.98. The van der Waals surface area contributed by atoms with E-state index in [4.69, 9.17) is 5.73 Å². The van der Waals surface area contributed by atoms with Gasteiger partial charge in [-0.1, -0.05) is 42.5 Å². The van der Waals surface area contributed by atoms with E-state index in [0.717, 1.165) is 22.2 Å². The van der Waals surface area contributed by atoms with Crippen LogP contribution in [0.3, 0.4) is 0 Å². The Bertz CT molecular complexity index is 608. The molecule has 20 heavy (non-hydrogen) atoms. The molecule has 0 aliphatic carbocycles. The number of rotatable bonds is 4. The van der Waals surface area contributed by atoms with Gasteiger partial charge in [0, 0.05) is 0 Å². The van der Waals surface area contributed by atoms with Crippen LogP contribution in [-0.4, -0.2) is 28.5 Å². The van der Waals surface area contributed by atoms with Crippen LogP contribution in [0, 0.1) is 0 Å². The molecule has 3 amide bonds. The molecule has 2 N–H and O–H groups in total. The number of carbonyl (C=O) groups excluding carboxylic acids is 3. The second kappa shape index (κ2) is 6.21. The van der Waals surface area contributed by atoms with Crippen LogP contribution < -0.4 is 5.73 Å². The molecule has 0 atom stereocenters. The number of imide groups is 1. The second-order valence-electron chi connectivity index (χ2n) is 4.03. The quantitative estimate of drug-likeness (QED) is 0.856. The number of hydrogen-bond donors (Lipinski definition) is 1. The SMILES string of the molecule is NC(=O)CN1C(=O)S/C(=C/C=C/c2ccccc2)C1=O. The van der Waals surface area contributed by atoms with Gasteiger partial charge in [0.1, 0.15) is 6.54 Å². The molecule has 1 heterocycles. The Morgan fingerprint density at radius 2 is 1.95 bits per heavy atom. The Morgan fingerprint density at radius 1 is 1.25 bits per heavy atom. The first-order valence-electron chi connectivity index (χ1n) is 5.83. The Morgan fingerprint density at radius 3 is 2.60 bits per heavy atom. The summed E-state index contributed by atoms with van der Waals surface area (Å²) in [5.74, 6) is -1.20. The van der Waals surface area contributed by atoms with E-state index < -0.39 is 17.1 Å². The molecule has 0 spiro atoms. The molecule has 0 aromatic heterocycles. The summed E-state index contributed by atoms with van der Waals surface area (Å²) in [6.07, 6.45) is 5.07. The third kappa shape index (κ3) is 3.36. The average Bonchev–Trinajstić information content (AvgIpc) is 2.67. The average molecular weight is 288 g/mol. The van der Waals surface area contributed by atoms with Crippen molar-refractivity contribution in [1.29, 1.82) is 0 Å². The van der Waals surface area contributed by atoms with Gasteiger partial charge in [-0.05, 0) is 23.4 Å². The Hall–Kier alpha value is -2.34. The zero-order valence-corrected chi connectivity index (χ0v) is 11.3. The van der Waals surface area contributed by atoms with Gasteiger partial charge in [0.15, 0.2) is 0 Å². The first-order valence-corrected chi connectivity index (χ1v) is 6.65. The number of nitrogens with zero attached hydrogens (tertiary/aromatic N) is 1. The lowest BCUT2D eigenvalue weighted by Crippen LogP contribution is -2.36. The normalized spacial score (nSPS) is 17.4. The number of benzene rings is 1. The molecule has 0 unspecified atom stereocenters. The molecule has 6 heteroatoms. The van der Waals surface area contributed by atoms with Crippen LogP contribution in [0.4, 0.5) is 4.79 Å². The van der Waals surface area contributed by atoms with Crippen molar-refractivity contribution in [1.82, 2.24) is 4.90 Å². The van der Waals surface area contributed by atoms with Crippen molar-refractivity contribution in [2.24, 2.45) is 5.73 Å². The van der Waals surface area contributed by atoms with Gasteiger partial charge in [0.2, 0.25) is 5.91 Å². The van der Waals surface area contributed by atoms with Crippen LogP contribution in [0.5, 0.6) is 0 Å². The van der Waals surface area contributed by atoms with E-state index in [2.05, 4.69) is 0 Å². The fourth-order valence-corrected chi connectivity index (χ4v) is 2.41. The van der Waals surface area contributed by atoms with Crippen molar-refractivity contribution in [2.45, 2.75) is 0 Å². The van der Waals surface area contributed by atoms with E-state index in [-0.39, 0.29) is 11.4 Å². The maximum absolute atomic E-state index is 11.9. The zero-order valence-electron chi connectivity index (χ0n) is 10.5. The number of amides is 3. The summed E-state index contributed by atoms with van der Waals surface area (Å²) in [6.45, 7) is -0.385. The van der Waals surface area contributed by atoms with Gasteiger partial charge in [-0.2, -0.15) is 0 Å². The number of primary amides is 1. The summed E-state index contributed by atoms with van der Waals surface area (Å²) >= 11 is 0.798. The molecular formula is C14H12N2O3S. The summed E-state index contributed by atoms with van der Waals surface area (Å²) in [4.78, 5) is 35.3. The minimum absolute atomic E-state index is 0.281. The lowest BCUT2D eigenvalue weighted by molar-refractivity contribution is -0.128. The molecular weight excluding hydrogens is 276 g/mol. The third-order valence-corrected chi connectivity index (χ3v) is 3.45. The van der Waals surface area contributed by atoms with E-state index in [1.807, 2.05) is 36.4 Å². The van der Waals surface area contributed by atoms with E-state index in [0.29, 0.717) is 0 Å². The van der Waals surface area contributed by atoms with E-state index in [1.54, 1.807) is 12.2 Å². The fourth-order valence-electron chi connectivity index (χ4n) is 1.62. The molecule has 1 aliphatic rings. The van der Waals surface area contributed by atoms with Crippen molar-refractivity contribution in [2.75, 3.05) is 6.54 Å². The minimum atomic E-state index is -0.714. The highest BCUT2D eigenvalue weighted by Gasteiger charge is 2.35. The topological polar surface area (TPSA) is 80.5 Å². The monoisotopic (exact) mass is 288 g/mol. The molecule has 0 saturated carbocycles. The number of allylic oxidation sites excluding steroid dienone is 2. The molecule has 0 bridgehead atoms. The number of carbonyl (C=O) groups is 3. The highest BCUT2D eigenvalue weighted by Crippen LogP contribution is 2.30. The van der Waals surface area contributed by atoms with Gasteiger partial charge in [0.25, 0.3) is 11.1 Å². The van der Waals surface area contributed by atoms with Gasteiger partial charge in [-0.15, -0.1) is 0 Å². The summed E-state index contributed by atoms with van der Waals surface area (Å²) in [6, 6.07) is 9.56. The van der Waals surface area contributed by atoms with E-state index in [9.17, 15) is 14.4 Å². The predicted molar refractivity (Wildman–Crippen MR) is 77.5 cm³/mol. The van der Waals surface area contributed by atoms with Crippen LogP contribution in [0.15, 0.2) is 47.4 Å². The number of thioether (sulfide) groups is 1. The lowest BCUT2D eigenvalue weighted by Gasteiger charge is -2.08. The summed E-state index contributed by atoms with van der Waals surface area (Å²) < 4.78 is 0. The van der Waals surface area contributed by atoms with Crippen molar-refractivity contribution in [3.63, 3.8) is 0 Å². The lowest BCUT2D eigenvalue weighted by atomic mass is 10.2. The van der Waals surface area contributed by atoms with E-state index in [1.165, 1.54) is 0 Å². The highest BCUT2D eigenvalue weighted by molar-refractivity contribution is 8.18. The highest BCUT2D eigenvalue weighted by atomic mass is 32.2. The van der Waals surface area contributed by atoms with E-state index >= 15 is 0 Å². The minimum Gasteiger partial charge on any atom is -0.368 e. The van der Waals surface area contributed by atoms with Crippen molar-refractivity contribution in [3.05, 3.63) is 53.0 Å². The Balaban J connectivity index is 2.08. The Labute approximate surface area is 120 Å². The second-order valence-corrected chi connectivity index (χ2v) is 5.02. The molecule has 1 aliphatic heterocycles. The molecule has 0 radical (unpaired) electrons. The largest absolute Gasteiger partial charge is 0.368 e. The molecule has 1 aromatic rings. The number of hydrogen-bond acceptors (Lipinski definition) is 4. The molecule has 102 valence electrons. The first kappa shape index (κ1) is 14.1. The molecule has 1 fully saturated rings. The standard InChI is InChI=1S/C14H12N2O3S/c15-12(17)9-16-13(18)11(20-14(16)19)8-4-7-10-5-2-1-3-6-10/h1-8H,9H2,(H2,15,17)/b7-4+,11-8+. The van der Waals surface area contributed by atoms with Crippen LogP contribution in [0.25, 0.3) is 6.08 Å². The first-order chi connectivity index (χ1) is 9.58. The smallest absolute Gasteiger partial charge is 0.294 e. The molecule has 1 aromatic carbocycles. The summed E-state index contributed by atoms with van der Waals surface area (Å²) in [7, 11) is 0. The fraction of sp³-hybridized carbons (Fsp3) is 0.0714. The molecule has 1 saturated heterocycles.